The van der Waals surface area contributed by atoms with Crippen molar-refractivity contribution in [2.24, 2.45) is 4.99 Å². The van der Waals surface area contributed by atoms with Crippen LogP contribution in [0.15, 0.2) is 4.99 Å². The van der Waals surface area contributed by atoms with E-state index >= 15 is 0 Å². The topological polar surface area (TPSA) is 93.7 Å². The minimum absolute atomic E-state index is 0. The Bertz CT molecular complexity index is 525. The van der Waals surface area contributed by atoms with E-state index in [1.54, 1.807) is 19.1 Å². The van der Waals surface area contributed by atoms with Gasteiger partial charge >= 0.3 is 6.09 Å². The number of carbonyl (C=O) groups is 1. The lowest BCUT2D eigenvalue weighted by Crippen LogP contribution is -2.54. The molecule has 1 aliphatic rings. The van der Waals surface area contributed by atoms with Crippen molar-refractivity contribution >= 4 is 36.0 Å². The highest BCUT2D eigenvalue weighted by molar-refractivity contribution is 14.0. The standard InChI is InChI=1S/C19H38N4O5.HI/c1-14-15(13-22-16(20-7)21-9-10-26-12-11-25-8)23(19(5,6)27-14)17(24)28-18(2,3)4;/h14-15H,9-13H2,1-8H3,(H2,20,21,22);1H. The number of amides is 1. The lowest BCUT2D eigenvalue weighted by molar-refractivity contribution is -0.0755. The molecular weight excluding hydrogens is 491 g/mol. The fraction of sp³-hybridized carbons (Fsp3) is 0.895. The number of hydrogen-bond donors (Lipinski definition) is 2. The second-order valence-corrected chi connectivity index (χ2v) is 8.17. The van der Waals surface area contributed by atoms with Gasteiger partial charge in [-0.1, -0.05) is 0 Å². The highest BCUT2D eigenvalue weighted by atomic mass is 127. The second kappa shape index (κ2) is 12.8. The Hall–Kier alpha value is -0.850. The van der Waals surface area contributed by atoms with Gasteiger partial charge in [-0.25, -0.2) is 4.79 Å². The van der Waals surface area contributed by atoms with Gasteiger partial charge in [-0.3, -0.25) is 9.89 Å². The summed E-state index contributed by atoms with van der Waals surface area (Å²) >= 11 is 0. The largest absolute Gasteiger partial charge is 0.444 e. The van der Waals surface area contributed by atoms with Crippen LogP contribution in [0.25, 0.3) is 0 Å². The van der Waals surface area contributed by atoms with Crippen molar-refractivity contribution in [3.8, 4) is 0 Å². The van der Waals surface area contributed by atoms with E-state index in [1.807, 2.05) is 41.5 Å². The molecule has 0 radical (unpaired) electrons. The van der Waals surface area contributed by atoms with E-state index in [2.05, 4.69) is 15.6 Å². The molecular formula is C19H39IN4O5. The predicted octanol–water partition coefficient (Wildman–Crippen LogP) is 2.19. The average Bonchev–Trinajstić information content (AvgIpc) is 2.80. The monoisotopic (exact) mass is 530 g/mol. The minimum atomic E-state index is -0.750. The number of ether oxygens (including phenoxy) is 4. The number of nitrogens with zero attached hydrogens (tertiary/aromatic N) is 2. The van der Waals surface area contributed by atoms with Crippen molar-refractivity contribution in [3.05, 3.63) is 0 Å². The van der Waals surface area contributed by atoms with Gasteiger partial charge < -0.3 is 29.6 Å². The van der Waals surface area contributed by atoms with Crippen molar-refractivity contribution in [2.75, 3.05) is 47.1 Å². The first-order valence-electron chi connectivity index (χ1n) is 9.73. The number of carbonyl (C=O) groups excluding carboxylic acids is 1. The first-order chi connectivity index (χ1) is 13.0. The number of hydrogen-bond acceptors (Lipinski definition) is 6. The summed E-state index contributed by atoms with van der Waals surface area (Å²) in [7, 11) is 3.34. The molecule has 2 N–H and O–H groups in total. The highest BCUT2D eigenvalue weighted by Crippen LogP contribution is 2.33. The molecule has 2 atom stereocenters. The van der Waals surface area contributed by atoms with Gasteiger partial charge in [-0.2, -0.15) is 0 Å². The summed E-state index contributed by atoms with van der Waals surface area (Å²) in [5.41, 5.74) is -1.32. The minimum Gasteiger partial charge on any atom is -0.444 e. The molecule has 1 aliphatic heterocycles. The smallest absolute Gasteiger partial charge is 0.412 e. The van der Waals surface area contributed by atoms with E-state index in [4.69, 9.17) is 18.9 Å². The van der Waals surface area contributed by atoms with Crippen LogP contribution in [-0.2, 0) is 18.9 Å². The molecule has 10 heteroatoms. The third kappa shape index (κ3) is 9.67. The van der Waals surface area contributed by atoms with Gasteiger partial charge in [0.2, 0.25) is 0 Å². The summed E-state index contributed by atoms with van der Waals surface area (Å²) in [5.74, 6) is 0.636. The Morgan fingerprint density at radius 1 is 1.21 bits per heavy atom. The van der Waals surface area contributed by atoms with E-state index in [0.717, 1.165) is 0 Å². The quantitative estimate of drug-likeness (QED) is 0.215. The Morgan fingerprint density at radius 2 is 1.86 bits per heavy atom. The SMILES string of the molecule is CN=C(NCCOCCOC)NCC1C(C)OC(C)(C)N1C(=O)OC(C)(C)C.I. The summed E-state index contributed by atoms with van der Waals surface area (Å²) in [5, 5.41) is 6.44. The Labute approximate surface area is 192 Å². The van der Waals surface area contributed by atoms with Crippen LogP contribution in [-0.4, -0.2) is 87.5 Å². The van der Waals surface area contributed by atoms with Gasteiger partial charge in [-0.05, 0) is 41.5 Å². The lowest BCUT2D eigenvalue weighted by Gasteiger charge is -2.35. The molecule has 2 unspecified atom stereocenters. The van der Waals surface area contributed by atoms with Gasteiger partial charge in [0, 0.05) is 27.2 Å². The number of aliphatic imine (C=N–C) groups is 1. The summed E-state index contributed by atoms with van der Waals surface area (Å²) in [6.07, 6.45) is -0.534. The molecule has 1 saturated heterocycles. The number of nitrogens with one attached hydrogen (secondary N) is 2. The van der Waals surface area contributed by atoms with Gasteiger partial charge in [0.05, 0.1) is 32.0 Å². The maximum atomic E-state index is 12.8. The van der Waals surface area contributed by atoms with Crippen LogP contribution in [0, 0.1) is 0 Å². The fourth-order valence-electron chi connectivity index (χ4n) is 3.03. The summed E-state index contributed by atoms with van der Waals surface area (Å²) in [6, 6.07) is -0.193. The van der Waals surface area contributed by atoms with Gasteiger partial charge in [-0.15, -0.1) is 24.0 Å². The Morgan fingerprint density at radius 3 is 2.41 bits per heavy atom. The molecule has 9 nitrogen and oxygen atoms in total. The highest BCUT2D eigenvalue weighted by Gasteiger charge is 2.49. The molecule has 0 spiro atoms. The van der Waals surface area contributed by atoms with Gasteiger partial charge in [0.1, 0.15) is 11.3 Å². The number of rotatable bonds is 8. The third-order valence-electron chi connectivity index (χ3n) is 4.19. The first kappa shape index (κ1) is 28.1. The number of halogens is 1. The predicted molar refractivity (Wildman–Crippen MR) is 124 cm³/mol. The Kier molecular flexibility index (Phi) is 12.4. The van der Waals surface area contributed by atoms with Crippen LogP contribution < -0.4 is 10.6 Å². The number of guanidine groups is 1. The molecule has 0 aromatic carbocycles. The van der Waals surface area contributed by atoms with E-state index in [9.17, 15) is 4.79 Å². The third-order valence-corrected chi connectivity index (χ3v) is 4.19. The van der Waals surface area contributed by atoms with Crippen molar-refractivity contribution in [1.29, 1.82) is 0 Å². The number of methoxy groups -OCH3 is 1. The van der Waals surface area contributed by atoms with Gasteiger partial charge in [0.25, 0.3) is 0 Å². The second-order valence-electron chi connectivity index (χ2n) is 8.17. The van der Waals surface area contributed by atoms with Crippen molar-refractivity contribution < 1.29 is 23.7 Å². The molecule has 29 heavy (non-hydrogen) atoms. The maximum Gasteiger partial charge on any atom is 0.412 e. The summed E-state index contributed by atoms with van der Waals surface area (Å²) in [6.45, 7) is 14.0. The van der Waals surface area contributed by atoms with E-state index in [0.29, 0.717) is 38.9 Å². The lowest BCUT2D eigenvalue weighted by atomic mass is 10.1. The van der Waals surface area contributed by atoms with Crippen LogP contribution in [0.2, 0.25) is 0 Å². The van der Waals surface area contributed by atoms with Crippen LogP contribution in [0.3, 0.4) is 0 Å². The summed E-state index contributed by atoms with van der Waals surface area (Å²) < 4.78 is 22.0. The maximum absolute atomic E-state index is 12.8. The molecule has 0 aromatic rings. The normalized spacial score (nSPS) is 21.5. The molecule has 1 amide bonds. The van der Waals surface area contributed by atoms with Crippen LogP contribution >= 0.6 is 24.0 Å². The van der Waals surface area contributed by atoms with Gasteiger partial charge in [0.15, 0.2) is 5.96 Å². The van der Waals surface area contributed by atoms with Crippen molar-refractivity contribution in [3.63, 3.8) is 0 Å². The molecule has 1 fully saturated rings. The molecule has 0 saturated carbocycles. The average molecular weight is 530 g/mol. The zero-order valence-corrected chi connectivity index (χ0v) is 21.4. The van der Waals surface area contributed by atoms with E-state index in [-0.39, 0.29) is 42.2 Å². The van der Waals surface area contributed by atoms with Crippen LogP contribution in [0.4, 0.5) is 4.79 Å². The first-order valence-corrected chi connectivity index (χ1v) is 9.73. The zero-order valence-electron chi connectivity index (χ0n) is 19.0. The van der Waals surface area contributed by atoms with E-state index < -0.39 is 11.3 Å². The molecule has 0 aromatic heterocycles. The molecule has 0 bridgehead atoms. The molecule has 0 aliphatic carbocycles. The van der Waals surface area contributed by atoms with Crippen molar-refractivity contribution in [1.82, 2.24) is 15.5 Å². The fourth-order valence-corrected chi connectivity index (χ4v) is 3.03. The van der Waals surface area contributed by atoms with Crippen LogP contribution in [0.1, 0.15) is 41.5 Å². The van der Waals surface area contributed by atoms with Crippen molar-refractivity contribution in [2.45, 2.75) is 65.0 Å². The molecule has 1 rings (SSSR count). The zero-order chi connectivity index (χ0) is 21.4. The van der Waals surface area contributed by atoms with Crippen LogP contribution in [0.5, 0.6) is 0 Å². The molecule has 172 valence electrons. The Balaban J connectivity index is 0.00000784. The molecule has 1 heterocycles. The van der Waals surface area contributed by atoms with E-state index in [1.165, 1.54) is 0 Å². The summed E-state index contributed by atoms with van der Waals surface area (Å²) in [4.78, 5) is 18.6.